The number of nitrogens with one attached hydrogen (secondary N) is 1. The van der Waals surface area contributed by atoms with Crippen molar-refractivity contribution in [3.05, 3.63) is 33.9 Å². The average molecular weight is 284 g/mol. The summed E-state index contributed by atoms with van der Waals surface area (Å²) in [5, 5.41) is 30.2. The molecule has 20 heavy (non-hydrogen) atoms. The molecule has 0 aliphatic carbocycles. The van der Waals surface area contributed by atoms with Crippen molar-refractivity contribution in [2.75, 3.05) is 13.7 Å². The number of hydrogen-bond donors (Lipinski definition) is 3. The lowest BCUT2D eigenvalue weighted by molar-refractivity contribution is -0.384. The number of carbonyl (C=O) groups is 2. The molecule has 0 aromatic heterocycles. The van der Waals surface area contributed by atoms with Gasteiger partial charge in [-0.2, -0.15) is 0 Å². The van der Waals surface area contributed by atoms with Crippen LogP contribution in [-0.2, 0) is 4.79 Å². The van der Waals surface area contributed by atoms with E-state index in [1.54, 1.807) is 0 Å². The maximum absolute atomic E-state index is 11.9. The summed E-state index contributed by atoms with van der Waals surface area (Å²) in [7, 11) is 1.26. The van der Waals surface area contributed by atoms with E-state index in [9.17, 15) is 19.7 Å². The SMILES string of the molecule is COc1ccc([N+](=O)[O-])cc1C(=O)NC(CO)C(=O)O. The molecular weight excluding hydrogens is 272 g/mol. The van der Waals surface area contributed by atoms with Gasteiger partial charge in [-0.05, 0) is 6.07 Å². The predicted octanol–water partition coefficient (Wildman–Crippen LogP) is -0.221. The third-order valence-corrected chi connectivity index (χ3v) is 2.42. The first-order chi connectivity index (χ1) is 9.40. The first-order valence-electron chi connectivity index (χ1n) is 5.37. The Kier molecular flexibility index (Phi) is 4.98. The van der Waals surface area contributed by atoms with Crippen LogP contribution < -0.4 is 10.1 Å². The molecule has 3 N–H and O–H groups in total. The van der Waals surface area contributed by atoms with Crippen molar-refractivity contribution in [1.29, 1.82) is 0 Å². The van der Waals surface area contributed by atoms with Crippen LogP contribution in [0, 0.1) is 10.1 Å². The summed E-state index contributed by atoms with van der Waals surface area (Å²) in [6, 6.07) is 1.83. The number of rotatable bonds is 6. The van der Waals surface area contributed by atoms with Gasteiger partial charge in [0.05, 0.1) is 24.2 Å². The summed E-state index contributed by atoms with van der Waals surface area (Å²) in [6.45, 7) is -0.807. The molecule has 0 spiro atoms. The highest BCUT2D eigenvalue weighted by atomic mass is 16.6. The molecule has 1 rings (SSSR count). The zero-order valence-corrected chi connectivity index (χ0v) is 10.4. The van der Waals surface area contributed by atoms with E-state index in [4.69, 9.17) is 14.9 Å². The summed E-state index contributed by atoms with van der Waals surface area (Å²) in [6.07, 6.45) is 0. The summed E-state index contributed by atoms with van der Waals surface area (Å²) < 4.78 is 4.88. The van der Waals surface area contributed by atoms with Gasteiger partial charge in [-0.25, -0.2) is 4.79 Å². The second kappa shape index (κ2) is 6.48. The van der Waals surface area contributed by atoms with Gasteiger partial charge in [-0.1, -0.05) is 0 Å². The first kappa shape index (κ1) is 15.4. The van der Waals surface area contributed by atoms with Crippen LogP contribution in [0.25, 0.3) is 0 Å². The number of methoxy groups -OCH3 is 1. The van der Waals surface area contributed by atoms with Gasteiger partial charge in [0.15, 0.2) is 6.04 Å². The van der Waals surface area contributed by atoms with Gasteiger partial charge >= 0.3 is 5.97 Å². The Morgan fingerprint density at radius 1 is 1.50 bits per heavy atom. The van der Waals surface area contributed by atoms with Gasteiger partial charge in [0, 0.05) is 12.1 Å². The predicted molar refractivity (Wildman–Crippen MR) is 65.6 cm³/mol. The van der Waals surface area contributed by atoms with Crippen LogP contribution in [0.3, 0.4) is 0 Å². The normalized spacial score (nSPS) is 11.5. The number of carboxylic acids is 1. The molecule has 1 amide bonds. The van der Waals surface area contributed by atoms with Crippen molar-refractivity contribution >= 4 is 17.6 Å². The number of carboxylic acid groups (broad SMARTS) is 1. The highest BCUT2D eigenvalue weighted by Gasteiger charge is 2.23. The Balaban J connectivity index is 3.09. The van der Waals surface area contributed by atoms with E-state index in [1.165, 1.54) is 13.2 Å². The molecule has 9 heteroatoms. The Morgan fingerprint density at radius 2 is 2.15 bits per heavy atom. The summed E-state index contributed by atoms with van der Waals surface area (Å²) in [5.41, 5.74) is -0.534. The lowest BCUT2D eigenvalue weighted by atomic mass is 10.1. The molecule has 0 saturated heterocycles. The van der Waals surface area contributed by atoms with Gasteiger partial charge < -0.3 is 20.3 Å². The summed E-state index contributed by atoms with van der Waals surface area (Å²) in [4.78, 5) is 32.6. The fourth-order valence-electron chi connectivity index (χ4n) is 1.41. The van der Waals surface area contributed by atoms with E-state index in [1.807, 2.05) is 5.32 Å². The lowest BCUT2D eigenvalue weighted by Crippen LogP contribution is -2.43. The minimum absolute atomic E-state index is 0.0511. The quantitative estimate of drug-likeness (QED) is 0.484. The Labute approximate surface area is 112 Å². The average Bonchev–Trinajstić information content (AvgIpc) is 2.43. The van der Waals surface area contributed by atoms with Gasteiger partial charge in [-0.15, -0.1) is 0 Å². The largest absolute Gasteiger partial charge is 0.496 e. The third-order valence-electron chi connectivity index (χ3n) is 2.42. The molecule has 0 aliphatic rings. The molecule has 1 atom stereocenters. The van der Waals surface area contributed by atoms with Gasteiger partial charge in [0.2, 0.25) is 0 Å². The summed E-state index contributed by atoms with van der Waals surface area (Å²) >= 11 is 0. The lowest BCUT2D eigenvalue weighted by Gasteiger charge is -2.13. The molecule has 0 saturated carbocycles. The molecule has 9 nitrogen and oxygen atoms in total. The van der Waals surface area contributed by atoms with E-state index in [0.29, 0.717) is 0 Å². The van der Waals surface area contributed by atoms with Crippen LogP contribution in [-0.4, -0.2) is 46.8 Å². The molecule has 0 heterocycles. The molecule has 1 aromatic carbocycles. The number of nitro benzene ring substituents is 1. The van der Waals surface area contributed by atoms with Crippen LogP contribution in [0.15, 0.2) is 18.2 Å². The fraction of sp³-hybridized carbons (Fsp3) is 0.273. The zero-order valence-electron chi connectivity index (χ0n) is 10.4. The van der Waals surface area contributed by atoms with E-state index in [0.717, 1.165) is 12.1 Å². The van der Waals surface area contributed by atoms with E-state index < -0.39 is 29.4 Å². The molecule has 1 aromatic rings. The number of amides is 1. The highest BCUT2D eigenvalue weighted by molar-refractivity contribution is 5.99. The number of aliphatic carboxylic acids is 1. The number of ether oxygens (including phenoxy) is 1. The second-order valence-corrected chi connectivity index (χ2v) is 3.69. The number of nitro groups is 1. The fourth-order valence-corrected chi connectivity index (χ4v) is 1.41. The Hall–Kier alpha value is -2.68. The van der Waals surface area contributed by atoms with E-state index in [-0.39, 0.29) is 17.0 Å². The standard InChI is InChI=1S/C11H12N2O7/c1-20-9-3-2-6(13(18)19)4-7(9)10(15)12-8(5-14)11(16)17/h2-4,8,14H,5H2,1H3,(H,12,15)(H,16,17). The van der Waals surface area contributed by atoms with Crippen molar-refractivity contribution in [2.24, 2.45) is 0 Å². The minimum atomic E-state index is -1.51. The van der Waals surface area contributed by atoms with Crippen molar-refractivity contribution in [3.8, 4) is 5.75 Å². The third kappa shape index (κ3) is 3.42. The molecular formula is C11H12N2O7. The molecule has 0 radical (unpaired) electrons. The smallest absolute Gasteiger partial charge is 0.328 e. The van der Waals surface area contributed by atoms with Crippen LogP contribution in [0.4, 0.5) is 5.69 Å². The maximum atomic E-state index is 11.9. The molecule has 0 bridgehead atoms. The number of non-ortho nitro benzene ring substituents is 1. The maximum Gasteiger partial charge on any atom is 0.328 e. The van der Waals surface area contributed by atoms with Gasteiger partial charge in [0.25, 0.3) is 11.6 Å². The first-order valence-corrected chi connectivity index (χ1v) is 5.37. The van der Waals surface area contributed by atoms with Crippen molar-refractivity contribution in [1.82, 2.24) is 5.32 Å². The van der Waals surface area contributed by atoms with Crippen molar-refractivity contribution in [3.63, 3.8) is 0 Å². The van der Waals surface area contributed by atoms with Crippen LogP contribution in [0.5, 0.6) is 5.75 Å². The van der Waals surface area contributed by atoms with Crippen molar-refractivity contribution < 1.29 is 29.5 Å². The molecule has 1 unspecified atom stereocenters. The second-order valence-electron chi connectivity index (χ2n) is 3.69. The van der Waals surface area contributed by atoms with Gasteiger partial charge in [-0.3, -0.25) is 14.9 Å². The zero-order chi connectivity index (χ0) is 15.3. The number of nitrogens with zero attached hydrogens (tertiary/aromatic N) is 1. The topological polar surface area (TPSA) is 139 Å². The number of hydrogen-bond acceptors (Lipinski definition) is 6. The number of aliphatic hydroxyl groups is 1. The van der Waals surface area contributed by atoms with Crippen molar-refractivity contribution in [2.45, 2.75) is 6.04 Å². The van der Waals surface area contributed by atoms with E-state index >= 15 is 0 Å². The Bertz CT molecular complexity index is 544. The summed E-state index contributed by atoms with van der Waals surface area (Å²) in [5.74, 6) is -2.27. The minimum Gasteiger partial charge on any atom is -0.496 e. The van der Waals surface area contributed by atoms with Crippen LogP contribution in [0.2, 0.25) is 0 Å². The highest BCUT2D eigenvalue weighted by Crippen LogP contribution is 2.23. The molecule has 0 fully saturated rings. The Morgan fingerprint density at radius 3 is 2.60 bits per heavy atom. The number of carbonyl (C=O) groups excluding carboxylic acids is 1. The van der Waals surface area contributed by atoms with Crippen LogP contribution in [0.1, 0.15) is 10.4 Å². The monoisotopic (exact) mass is 284 g/mol. The van der Waals surface area contributed by atoms with Crippen LogP contribution >= 0.6 is 0 Å². The number of aliphatic hydroxyl groups excluding tert-OH is 1. The molecule has 0 aliphatic heterocycles. The number of benzene rings is 1. The molecule has 108 valence electrons. The van der Waals surface area contributed by atoms with Gasteiger partial charge in [0.1, 0.15) is 5.75 Å². The van der Waals surface area contributed by atoms with E-state index in [2.05, 4.69) is 0 Å².